The molecule has 1 aliphatic carbocycles. The Balaban J connectivity index is 2.16. The van der Waals surface area contributed by atoms with Crippen molar-refractivity contribution in [2.45, 2.75) is 31.2 Å². The number of hydrogen-bond acceptors (Lipinski definition) is 2. The molecular weight excluding hydrogens is 317 g/mol. The molecule has 0 bridgehead atoms. The Morgan fingerprint density at radius 1 is 1.42 bits per heavy atom. The van der Waals surface area contributed by atoms with E-state index in [4.69, 9.17) is 5.11 Å². The minimum absolute atomic E-state index is 0.0777. The predicted molar refractivity (Wildman–Crippen MR) is 70.4 cm³/mol. The van der Waals surface area contributed by atoms with Crippen LogP contribution in [0.4, 0.5) is 4.39 Å². The van der Waals surface area contributed by atoms with E-state index in [1.165, 1.54) is 12.1 Å². The highest BCUT2D eigenvalue weighted by Crippen LogP contribution is 2.35. The lowest BCUT2D eigenvalue weighted by Crippen LogP contribution is -2.54. The van der Waals surface area contributed by atoms with Crippen molar-refractivity contribution in [1.82, 2.24) is 5.32 Å². The van der Waals surface area contributed by atoms with Crippen LogP contribution in [0.15, 0.2) is 22.7 Å². The Labute approximate surface area is 118 Å². The predicted octanol–water partition coefficient (Wildman–Crippen LogP) is 2.72. The standard InChI is InChI=1S/C13H13BrFNO3/c14-9-4-1-3-8(11(9)15)12(19)16-13(5-2-6-13)7-10(17)18/h1,3-4H,2,5-7H2,(H,16,19)(H,17,18). The first-order chi connectivity index (χ1) is 8.93. The van der Waals surface area contributed by atoms with Gasteiger partial charge < -0.3 is 10.4 Å². The maximum absolute atomic E-state index is 13.8. The zero-order valence-corrected chi connectivity index (χ0v) is 11.7. The van der Waals surface area contributed by atoms with Crippen LogP contribution in [-0.4, -0.2) is 22.5 Å². The van der Waals surface area contributed by atoms with Crippen LogP contribution in [0, 0.1) is 5.82 Å². The smallest absolute Gasteiger partial charge is 0.305 e. The number of carboxylic acid groups (broad SMARTS) is 1. The molecule has 0 atom stereocenters. The summed E-state index contributed by atoms with van der Waals surface area (Å²) in [5, 5.41) is 11.5. The van der Waals surface area contributed by atoms with E-state index in [0.717, 1.165) is 6.42 Å². The molecule has 1 amide bonds. The van der Waals surface area contributed by atoms with Crippen LogP contribution >= 0.6 is 15.9 Å². The topological polar surface area (TPSA) is 66.4 Å². The molecule has 1 saturated carbocycles. The first-order valence-corrected chi connectivity index (χ1v) is 6.71. The van der Waals surface area contributed by atoms with Crippen LogP contribution in [0.1, 0.15) is 36.0 Å². The van der Waals surface area contributed by atoms with Gasteiger partial charge in [-0.1, -0.05) is 6.07 Å². The van der Waals surface area contributed by atoms with Crippen LogP contribution in [0.3, 0.4) is 0 Å². The average Bonchev–Trinajstić information content (AvgIpc) is 2.29. The molecule has 0 aliphatic heterocycles. The van der Waals surface area contributed by atoms with Crippen molar-refractivity contribution in [2.24, 2.45) is 0 Å². The summed E-state index contributed by atoms with van der Waals surface area (Å²) in [6.45, 7) is 0. The van der Waals surface area contributed by atoms with E-state index in [0.29, 0.717) is 12.8 Å². The maximum Gasteiger partial charge on any atom is 0.305 e. The third-order valence-electron chi connectivity index (χ3n) is 3.38. The zero-order valence-electron chi connectivity index (χ0n) is 10.1. The summed E-state index contributed by atoms with van der Waals surface area (Å²) in [5.41, 5.74) is -0.802. The summed E-state index contributed by atoms with van der Waals surface area (Å²) in [4.78, 5) is 22.9. The third-order valence-corrected chi connectivity index (χ3v) is 3.99. The van der Waals surface area contributed by atoms with Gasteiger partial charge in [-0.05, 0) is 47.3 Å². The zero-order chi connectivity index (χ0) is 14.0. The molecule has 1 aromatic carbocycles. The minimum atomic E-state index is -0.963. The van der Waals surface area contributed by atoms with Crippen LogP contribution in [0.2, 0.25) is 0 Å². The van der Waals surface area contributed by atoms with E-state index in [9.17, 15) is 14.0 Å². The van der Waals surface area contributed by atoms with Gasteiger partial charge in [0.2, 0.25) is 0 Å². The second-order valence-electron chi connectivity index (χ2n) is 4.76. The van der Waals surface area contributed by atoms with Crippen molar-refractivity contribution >= 4 is 27.8 Å². The van der Waals surface area contributed by atoms with Crippen LogP contribution in [-0.2, 0) is 4.79 Å². The molecule has 0 spiro atoms. The molecule has 4 nitrogen and oxygen atoms in total. The number of amides is 1. The molecule has 0 aromatic heterocycles. The number of halogens is 2. The average molecular weight is 330 g/mol. The molecule has 102 valence electrons. The molecule has 0 saturated heterocycles. The summed E-state index contributed by atoms with van der Waals surface area (Å²) in [6.07, 6.45) is 1.96. The van der Waals surface area contributed by atoms with E-state index < -0.39 is 23.2 Å². The molecule has 19 heavy (non-hydrogen) atoms. The second kappa shape index (κ2) is 5.28. The largest absolute Gasteiger partial charge is 0.481 e. The Morgan fingerprint density at radius 2 is 2.11 bits per heavy atom. The molecular formula is C13H13BrFNO3. The van der Waals surface area contributed by atoms with E-state index in [1.54, 1.807) is 6.07 Å². The van der Waals surface area contributed by atoms with E-state index in [1.807, 2.05) is 0 Å². The second-order valence-corrected chi connectivity index (χ2v) is 5.61. The number of hydrogen-bond donors (Lipinski definition) is 2. The highest BCUT2D eigenvalue weighted by molar-refractivity contribution is 9.10. The summed E-state index contributed by atoms with van der Waals surface area (Å²) in [7, 11) is 0. The quantitative estimate of drug-likeness (QED) is 0.892. The van der Waals surface area contributed by atoms with E-state index in [2.05, 4.69) is 21.2 Å². The number of benzene rings is 1. The lowest BCUT2D eigenvalue weighted by molar-refractivity contribution is -0.139. The molecule has 0 heterocycles. The molecule has 1 fully saturated rings. The van der Waals surface area contributed by atoms with Crippen molar-refractivity contribution in [1.29, 1.82) is 0 Å². The fourth-order valence-electron chi connectivity index (χ4n) is 2.23. The lowest BCUT2D eigenvalue weighted by atomic mass is 9.74. The van der Waals surface area contributed by atoms with Gasteiger partial charge in [0.15, 0.2) is 0 Å². The molecule has 1 aromatic rings. The number of rotatable bonds is 4. The van der Waals surface area contributed by atoms with E-state index in [-0.39, 0.29) is 16.5 Å². The fourth-order valence-corrected chi connectivity index (χ4v) is 2.59. The Kier molecular flexibility index (Phi) is 3.89. The SMILES string of the molecule is O=C(O)CC1(NC(=O)c2cccc(Br)c2F)CCC1. The normalized spacial score (nSPS) is 16.5. The van der Waals surface area contributed by atoms with Crippen molar-refractivity contribution < 1.29 is 19.1 Å². The summed E-state index contributed by atoms with van der Waals surface area (Å²) in [6, 6.07) is 4.44. The van der Waals surface area contributed by atoms with Crippen molar-refractivity contribution in [3.05, 3.63) is 34.1 Å². The molecule has 6 heteroatoms. The lowest BCUT2D eigenvalue weighted by Gasteiger charge is -2.41. The first-order valence-electron chi connectivity index (χ1n) is 5.92. The monoisotopic (exact) mass is 329 g/mol. The van der Waals surface area contributed by atoms with Crippen molar-refractivity contribution in [2.75, 3.05) is 0 Å². The van der Waals surface area contributed by atoms with Gasteiger partial charge in [0.05, 0.1) is 22.0 Å². The van der Waals surface area contributed by atoms with Gasteiger partial charge in [-0.25, -0.2) is 4.39 Å². The Morgan fingerprint density at radius 3 is 2.63 bits per heavy atom. The minimum Gasteiger partial charge on any atom is -0.481 e. The molecule has 1 aliphatic rings. The van der Waals surface area contributed by atoms with Gasteiger partial charge >= 0.3 is 5.97 Å². The van der Waals surface area contributed by atoms with Gasteiger partial charge in [-0.3, -0.25) is 9.59 Å². The number of carbonyl (C=O) groups excluding carboxylic acids is 1. The third kappa shape index (κ3) is 2.94. The fraction of sp³-hybridized carbons (Fsp3) is 0.385. The molecule has 0 radical (unpaired) electrons. The van der Waals surface area contributed by atoms with Gasteiger partial charge in [0.25, 0.3) is 5.91 Å². The number of carbonyl (C=O) groups is 2. The number of aliphatic carboxylic acids is 1. The Hall–Kier alpha value is -1.43. The van der Waals surface area contributed by atoms with Crippen molar-refractivity contribution in [3.8, 4) is 0 Å². The number of carboxylic acids is 1. The summed E-state index contributed by atoms with van der Waals surface area (Å²) < 4.78 is 14.0. The van der Waals surface area contributed by atoms with Gasteiger partial charge in [-0.15, -0.1) is 0 Å². The van der Waals surface area contributed by atoms with E-state index >= 15 is 0 Å². The van der Waals surface area contributed by atoms with Gasteiger partial charge in [0.1, 0.15) is 5.82 Å². The van der Waals surface area contributed by atoms with Gasteiger partial charge in [0, 0.05) is 0 Å². The highest BCUT2D eigenvalue weighted by Gasteiger charge is 2.40. The number of nitrogens with one attached hydrogen (secondary N) is 1. The summed E-state index contributed by atoms with van der Waals surface area (Å²) in [5.74, 6) is -2.17. The molecule has 0 unspecified atom stereocenters. The highest BCUT2D eigenvalue weighted by atomic mass is 79.9. The maximum atomic E-state index is 13.8. The van der Waals surface area contributed by atoms with Crippen LogP contribution in [0.5, 0.6) is 0 Å². The molecule has 2 rings (SSSR count). The van der Waals surface area contributed by atoms with Crippen LogP contribution < -0.4 is 5.32 Å². The van der Waals surface area contributed by atoms with Crippen molar-refractivity contribution in [3.63, 3.8) is 0 Å². The van der Waals surface area contributed by atoms with Crippen LogP contribution in [0.25, 0.3) is 0 Å². The molecule has 2 N–H and O–H groups in total. The van der Waals surface area contributed by atoms with Gasteiger partial charge in [-0.2, -0.15) is 0 Å². The Bertz CT molecular complexity index is 529. The first kappa shape index (κ1) is 14.0. The summed E-state index contributed by atoms with van der Waals surface area (Å²) >= 11 is 3.02.